The maximum Gasteiger partial charge on any atom is 0.175 e. The maximum atomic E-state index is 11.6. The van der Waals surface area contributed by atoms with Crippen LogP contribution in [0.3, 0.4) is 0 Å². The largest absolute Gasteiger partial charge is 0.224 e. The van der Waals surface area contributed by atoms with Gasteiger partial charge in [0.15, 0.2) is 9.84 Å². The van der Waals surface area contributed by atoms with Crippen LogP contribution in [0.25, 0.3) is 5.57 Å². The van der Waals surface area contributed by atoms with E-state index in [0.29, 0.717) is 4.90 Å². The van der Waals surface area contributed by atoms with Crippen molar-refractivity contribution >= 4 is 27.2 Å². The van der Waals surface area contributed by atoms with E-state index in [0.717, 1.165) is 29.7 Å². The zero-order valence-corrected chi connectivity index (χ0v) is 16.1. The summed E-state index contributed by atoms with van der Waals surface area (Å²) in [5, 5.41) is 0. The van der Waals surface area contributed by atoms with Crippen LogP contribution >= 0.6 is 11.8 Å². The Balaban J connectivity index is 2.37. The summed E-state index contributed by atoms with van der Waals surface area (Å²) in [7, 11) is -3.14. The third-order valence-electron chi connectivity index (χ3n) is 4.26. The van der Waals surface area contributed by atoms with Crippen LogP contribution in [0, 0.1) is 0 Å². The molecular weight excluding hydrogens is 336 g/mol. The number of rotatable bonds is 6. The highest BCUT2D eigenvalue weighted by molar-refractivity contribution is 8.02. The van der Waals surface area contributed by atoms with Crippen LogP contribution in [0.2, 0.25) is 0 Å². The first-order valence-electron chi connectivity index (χ1n) is 7.94. The summed E-state index contributed by atoms with van der Waals surface area (Å²) in [5.41, 5.74) is 5.10. The molecule has 0 aliphatic heterocycles. The van der Waals surface area contributed by atoms with Crippen LogP contribution in [0.5, 0.6) is 0 Å². The molecule has 0 bridgehead atoms. The van der Waals surface area contributed by atoms with Gasteiger partial charge in [-0.15, -0.1) is 11.8 Å². The van der Waals surface area contributed by atoms with Gasteiger partial charge in [0.05, 0.1) is 4.90 Å². The molecule has 1 aliphatic carbocycles. The Morgan fingerprint density at radius 2 is 1.83 bits per heavy atom. The third-order valence-corrected chi connectivity index (χ3v) is 6.16. The van der Waals surface area contributed by atoms with E-state index in [1.165, 1.54) is 23.0 Å². The van der Waals surface area contributed by atoms with Gasteiger partial charge in [0.25, 0.3) is 0 Å². The molecule has 1 aromatic rings. The minimum atomic E-state index is -3.14. The lowest BCUT2D eigenvalue weighted by Crippen LogP contribution is -1.97. The van der Waals surface area contributed by atoms with Crippen molar-refractivity contribution in [2.45, 2.75) is 31.1 Å². The number of hydrogen-bond acceptors (Lipinski definition) is 3. The maximum absolute atomic E-state index is 11.6. The number of benzene rings is 1. The van der Waals surface area contributed by atoms with Crippen molar-refractivity contribution in [1.29, 1.82) is 0 Å². The van der Waals surface area contributed by atoms with Gasteiger partial charge in [0.1, 0.15) is 0 Å². The highest BCUT2D eigenvalue weighted by Crippen LogP contribution is 2.38. The molecule has 1 aliphatic rings. The van der Waals surface area contributed by atoms with E-state index >= 15 is 0 Å². The Hall–Kier alpha value is -1.52. The lowest BCUT2D eigenvalue weighted by atomic mass is 9.97. The van der Waals surface area contributed by atoms with Crippen molar-refractivity contribution in [3.05, 3.63) is 70.7 Å². The molecule has 1 aromatic carbocycles. The fraction of sp³-hybridized carbons (Fsp3) is 0.300. The van der Waals surface area contributed by atoms with Gasteiger partial charge in [-0.2, -0.15) is 0 Å². The quantitative estimate of drug-likeness (QED) is 0.636. The minimum Gasteiger partial charge on any atom is -0.224 e. The fourth-order valence-corrected chi connectivity index (χ4v) is 3.93. The minimum absolute atomic E-state index is 0.372. The molecule has 2 nitrogen and oxygen atoms in total. The van der Waals surface area contributed by atoms with E-state index in [4.69, 9.17) is 0 Å². The third kappa shape index (κ3) is 4.52. The summed E-state index contributed by atoms with van der Waals surface area (Å²) >= 11 is 1.68. The van der Waals surface area contributed by atoms with Crippen LogP contribution in [-0.4, -0.2) is 20.9 Å². The Morgan fingerprint density at radius 3 is 2.38 bits per heavy atom. The second-order valence-electron chi connectivity index (χ2n) is 5.93. The molecule has 0 aromatic heterocycles. The number of thioether (sulfide) groups is 1. The molecule has 0 fully saturated rings. The second kappa shape index (κ2) is 8.04. The van der Waals surface area contributed by atoms with Gasteiger partial charge >= 0.3 is 0 Å². The molecular formula is C20H24O2S2. The summed E-state index contributed by atoms with van der Waals surface area (Å²) in [5.74, 6) is 0. The molecule has 0 saturated heterocycles. The first kappa shape index (κ1) is 18.8. The lowest BCUT2D eigenvalue weighted by molar-refractivity contribution is 0.602. The summed E-state index contributed by atoms with van der Waals surface area (Å²) in [6.07, 6.45) is 12.7. The molecule has 0 unspecified atom stereocenters. The van der Waals surface area contributed by atoms with Crippen molar-refractivity contribution in [1.82, 2.24) is 0 Å². The van der Waals surface area contributed by atoms with E-state index in [1.807, 2.05) is 24.5 Å². The second-order valence-corrected chi connectivity index (χ2v) is 8.83. The average molecular weight is 361 g/mol. The molecule has 0 spiro atoms. The van der Waals surface area contributed by atoms with Gasteiger partial charge in [-0.3, -0.25) is 0 Å². The average Bonchev–Trinajstić information content (AvgIpc) is 3.04. The molecule has 0 radical (unpaired) electrons. The van der Waals surface area contributed by atoms with E-state index in [-0.39, 0.29) is 0 Å². The SMILES string of the molecule is C=C/C(=C\C=C(/C)C1=C(c2ccc(S(C)(=O)=O)cc2)CCC1)SC. The van der Waals surface area contributed by atoms with Gasteiger partial charge < -0.3 is 0 Å². The molecule has 0 heterocycles. The summed E-state index contributed by atoms with van der Waals surface area (Å²) in [6.45, 7) is 5.96. The highest BCUT2D eigenvalue weighted by Gasteiger charge is 2.17. The summed E-state index contributed by atoms with van der Waals surface area (Å²) in [6, 6.07) is 7.26. The molecule has 0 amide bonds. The van der Waals surface area contributed by atoms with Crippen LogP contribution in [-0.2, 0) is 9.84 Å². The van der Waals surface area contributed by atoms with Crippen molar-refractivity contribution in [2.75, 3.05) is 12.5 Å². The van der Waals surface area contributed by atoms with Crippen molar-refractivity contribution < 1.29 is 8.42 Å². The number of allylic oxidation sites excluding steroid dienone is 6. The first-order valence-corrected chi connectivity index (χ1v) is 11.1. The van der Waals surface area contributed by atoms with E-state index in [2.05, 4.69) is 25.7 Å². The lowest BCUT2D eigenvalue weighted by Gasteiger charge is -2.09. The zero-order valence-electron chi connectivity index (χ0n) is 14.5. The Labute approximate surface area is 150 Å². The van der Waals surface area contributed by atoms with Crippen molar-refractivity contribution in [2.24, 2.45) is 0 Å². The van der Waals surface area contributed by atoms with Crippen LogP contribution in [0.1, 0.15) is 31.7 Å². The highest BCUT2D eigenvalue weighted by atomic mass is 32.2. The smallest absolute Gasteiger partial charge is 0.175 e. The predicted molar refractivity (Wildman–Crippen MR) is 106 cm³/mol. The normalized spacial score (nSPS) is 16.6. The molecule has 2 rings (SSSR count). The van der Waals surface area contributed by atoms with Gasteiger partial charge in [-0.1, -0.05) is 30.9 Å². The topological polar surface area (TPSA) is 34.1 Å². The van der Waals surface area contributed by atoms with E-state index in [1.54, 1.807) is 23.9 Å². The first-order chi connectivity index (χ1) is 11.4. The molecule has 4 heteroatoms. The Kier molecular flexibility index (Phi) is 6.30. The number of sulfone groups is 1. The van der Waals surface area contributed by atoms with Crippen LogP contribution < -0.4 is 0 Å². The summed E-state index contributed by atoms with van der Waals surface area (Å²) < 4.78 is 23.2. The van der Waals surface area contributed by atoms with Gasteiger partial charge in [0, 0.05) is 11.2 Å². The number of hydrogen-bond donors (Lipinski definition) is 0. The molecule has 0 saturated carbocycles. The van der Waals surface area contributed by atoms with E-state index < -0.39 is 9.84 Å². The molecule has 0 N–H and O–H groups in total. The van der Waals surface area contributed by atoms with Crippen molar-refractivity contribution in [3.63, 3.8) is 0 Å². The van der Waals surface area contributed by atoms with Crippen LogP contribution in [0.4, 0.5) is 0 Å². The zero-order chi connectivity index (χ0) is 17.7. The van der Waals surface area contributed by atoms with Gasteiger partial charge in [-0.25, -0.2) is 8.42 Å². The van der Waals surface area contributed by atoms with Gasteiger partial charge in [0.2, 0.25) is 0 Å². The predicted octanol–water partition coefficient (Wildman–Crippen LogP) is 5.41. The summed E-state index contributed by atoms with van der Waals surface area (Å²) in [4.78, 5) is 1.52. The molecule has 128 valence electrons. The fourth-order valence-electron chi connectivity index (χ4n) is 2.93. The molecule has 0 atom stereocenters. The monoisotopic (exact) mass is 360 g/mol. The van der Waals surface area contributed by atoms with E-state index in [9.17, 15) is 8.42 Å². The van der Waals surface area contributed by atoms with Crippen molar-refractivity contribution in [3.8, 4) is 0 Å². The van der Waals surface area contributed by atoms with Crippen LogP contribution in [0.15, 0.2) is 70.0 Å². The molecule has 24 heavy (non-hydrogen) atoms. The Bertz CT molecular complexity index is 808. The Morgan fingerprint density at radius 1 is 1.17 bits per heavy atom. The standard InChI is InChI=1S/C20H24O2S2/c1-5-17(23-3)12-9-15(2)19-7-6-8-20(19)16-10-13-18(14-11-16)24(4,21)22/h5,9-14H,1,6-8H2,2-4H3/b15-9+,17-12+. The van der Waals surface area contributed by atoms with Gasteiger partial charge in [-0.05, 0) is 72.9 Å².